The number of hydrogen-bond donors (Lipinski definition) is 1. The molecule has 6 nitrogen and oxygen atoms in total. The van der Waals surface area contributed by atoms with Crippen LogP contribution in [0.4, 0.5) is 5.69 Å². The van der Waals surface area contributed by atoms with Gasteiger partial charge >= 0.3 is 0 Å². The molecule has 2 N–H and O–H groups in total. The summed E-state index contributed by atoms with van der Waals surface area (Å²) in [5, 5.41) is 0. The highest BCUT2D eigenvalue weighted by molar-refractivity contribution is 5.95. The second-order valence-corrected chi connectivity index (χ2v) is 6.41. The van der Waals surface area contributed by atoms with Gasteiger partial charge in [0.25, 0.3) is 5.91 Å². The number of ether oxygens (including phenoxy) is 2. The molecule has 1 heterocycles. The first-order chi connectivity index (χ1) is 12.6. The molecule has 0 aromatic heterocycles. The van der Waals surface area contributed by atoms with Gasteiger partial charge in [0.2, 0.25) is 0 Å². The normalized spacial score (nSPS) is 14.9. The number of benzene rings is 2. The van der Waals surface area contributed by atoms with Crippen LogP contribution in [-0.2, 0) is 6.54 Å². The SMILES string of the molecule is COc1cc(CN2CCN(C(=O)c3cccc(N)c3)CC2)cc(OC)c1. The molecule has 0 spiro atoms. The summed E-state index contributed by atoms with van der Waals surface area (Å²) in [4.78, 5) is 16.8. The Morgan fingerprint density at radius 1 is 1.00 bits per heavy atom. The van der Waals surface area contributed by atoms with Crippen molar-refractivity contribution in [2.24, 2.45) is 0 Å². The molecule has 0 bridgehead atoms. The van der Waals surface area contributed by atoms with Crippen LogP contribution in [-0.4, -0.2) is 56.1 Å². The lowest BCUT2D eigenvalue weighted by molar-refractivity contribution is 0.0628. The van der Waals surface area contributed by atoms with Crippen LogP contribution in [0, 0.1) is 0 Å². The van der Waals surface area contributed by atoms with Crippen molar-refractivity contribution in [1.29, 1.82) is 0 Å². The molecule has 0 unspecified atom stereocenters. The fraction of sp³-hybridized carbons (Fsp3) is 0.350. The van der Waals surface area contributed by atoms with Crippen molar-refractivity contribution in [3.63, 3.8) is 0 Å². The van der Waals surface area contributed by atoms with Gasteiger partial charge < -0.3 is 20.1 Å². The van der Waals surface area contributed by atoms with Crippen molar-refractivity contribution in [3.8, 4) is 11.5 Å². The fourth-order valence-corrected chi connectivity index (χ4v) is 3.18. The fourth-order valence-electron chi connectivity index (χ4n) is 3.18. The van der Waals surface area contributed by atoms with Crippen molar-refractivity contribution < 1.29 is 14.3 Å². The zero-order valence-corrected chi connectivity index (χ0v) is 15.3. The highest BCUT2D eigenvalue weighted by atomic mass is 16.5. The predicted octanol–water partition coefficient (Wildman–Crippen LogP) is 2.24. The summed E-state index contributed by atoms with van der Waals surface area (Å²) in [7, 11) is 3.30. The molecule has 2 aromatic carbocycles. The molecule has 0 atom stereocenters. The molecule has 0 saturated carbocycles. The van der Waals surface area contributed by atoms with Gasteiger partial charge in [-0.15, -0.1) is 0 Å². The van der Waals surface area contributed by atoms with Crippen molar-refractivity contribution in [3.05, 3.63) is 53.6 Å². The van der Waals surface area contributed by atoms with Crippen molar-refractivity contribution in [1.82, 2.24) is 9.80 Å². The molecule has 1 aliphatic heterocycles. The lowest BCUT2D eigenvalue weighted by atomic mass is 10.1. The minimum Gasteiger partial charge on any atom is -0.497 e. The molecule has 26 heavy (non-hydrogen) atoms. The Hall–Kier alpha value is -2.73. The molecule has 1 saturated heterocycles. The molecule has 6 heteroatoms. The second kappa shape index (κ2) is 8.10. The molecule has 0 aliphatic carbocycles. The van der Waals surface area contributed by atoms with E-state index in [1.165, 1.54) is 0 Å². The van der Waals surface area contributed by atoms with E-state index in [2.05, 4.69) is 4.90 Å². The van der Waals surface area contributed by atoms with Crippen molar-refractivity contribution in [2.75, 3.05) is 46.1 Å². The minimum atomic E-state index is 0.0417. The number of anilines is 1. The van der Waals surface area contributed by atoms with Crippen molar-refractivity contribution in [2.45, 2.75) is 6.54 Å². The van der Waals surface area contributed by atoms with Crippen LogP contribution in [0.5, 0.6) is 11.5 Å². The van der Waals surface area contributed by atoms with E-state index in [1.807, 2.05) is 35.2 Å². The summed E-state index contributed by atoms with van der Waals surface area (Å²) < 4.78 is 10.7. The number of methoxy groups -OCH3 is 2. The third kappa shape index (κ3) is 4.26. The quantitative estimate of drug-likeness (QED) is 0.833. The smallest absolute Gasteiger partial charge is 0.254 e. The van der Waals surface area contributed by atoms with Gasteiger partial charge in [0.15, 0.2) is 0 Å². The third-order valence-corrected chi connectivity index (χ3v) is 4.61. The summed E-state index contributed by atoms with van der Waals surface area (Å²) in [6, 6.07) is 13.1. The van der Waals surface area contributed by atoms with E-state index in [0.29, 0.717) is 24.3 Å². The van der Waals surface area contributed by atoms with Gasteiger partial charge in [-0.3, -0.25) is 9.69 Å². The maximum Gasteiger partial charge on any atom is 0.254 e. The summed E-state index contributed by atoms with van der Waals surface area (Å²) in [6.07, 6.45) is 0. The molecule has 1 fully saturated rings. The van der Waals surface area contributed by atoms with E-state index in [4.69, 9.17) is 15.2 Å². The van der Waals surface area contributed by atoms with Gasteiger partial charge in [0.1, 0.15) is 11.5 Å². The molecule has 2 aromatic rings. The Balaban J connectivity index is 1.59. The van der Waals surface area contributed by atoms with Gasteiger partial charge in [0, 0.05) is 50.0 Å². The van der Waals surface area contributed by atoms with Crippen molar-refractivity contribution >= 4 is 11.6 Å². The summed E-state index contributed by atoms with van der Waals surface area (Å²) in [5.41, 5.74) is 8.18. The zero-order chi connectivity index (χ0) is 18.5. The average molecular weight is 355 g/mol. The Labute approximate surface area is 154 Å². The standard InChI is InChI=1S/C20H25N3O3/c1-25-18-10-15(11-19(13-18)26-2)14-22-6-8-23(9-7-22)20(24)16-4-3-5-17(21)12-16/h3-5,10-13H,6-9,14,21H2,1-2H3. The van der Waals surface area contributed by atoms with Crippen LogP contribution in [0.1, 0.15) is 15.9 Å². The van der Waals surface area contributed by atoms with Crippen LogP contribution >= 0.6 is 0 Å². The Kier molecular flexibility index (Phi) is 5.63. The van der Waals surface area contributed by atoms with Crippen LogP contribution in [0.15, 0.2) is 42.5 Å². The number of rotatable bonds is 5. The first kappa shape index (κ1) is 18.1. The number of amides is 1. The Morgan fingerprint density at radius 3 is 2.23 bits per heavy atom. The molecule has 3 rings (SSSR count). The van der Waals surface area contributed by atoms with Crippen LogP contribution in [0.2, 0.25) is 0 Å². The minimum absolute atomic E-state index is 0.0417. The first-order valence-electron chi connectivity index (χ1n) is 8.68. The predicted molar refractivity (Wildman–Crippen MR) is 102 cm³/mol. The monoisotopic (exact) mass is 355 g/mol. The second-order valence-electron chi connectivity index (χ2n) is 6.41. The maximum atomic E-state index is 12.6. The van der Waals surface area contributed by atoms with Crippen LogP contribution < -0.4 is 15.2 Å². The van der Waals surface area contributed by atoms with E-state index in [1.54, 1.807) is 26.4 Å². The van der Waals surface area contributed by atoms with Crippen LogP contribution in [0.3, 0.4) is 0 Å². The van der Waals surface area contributed by atoms with E-state index in [9.17, 15) is 4.79 Å². The largest absolute Gasteiger partial charge is 0.497 e. The molecule has 1 amide bonds. The first-order valence-corrected chi connectivity index (χ1v) is 8.68. The lowest BCUT2D eigenvalue weighted by Crippen LogP contribution is -2.48. The van der Waals surface area contributed by atoms with E-state index < -0.39 is 0 Å². The number of nitrogen functional groups attached to an aromatic ring is 1. The van der Waals surface area contributed by atoms with Gasteiger partial charge in [0.05, 0.1) is 14.2 Å². The molecule has 0 radical (unpaired) electrons. The van der Waals surface area contributed by atoms with Gasteiger partial charge in [-0.05, 0) is 35.9 Å². The Bertz CT molecular complexity index is 748. The number of carbonyl (C=O) groups is 1. The number of nitrogens with two attached hydrogens (primary N) is 1. The van der Waals surface area contributed by atoms with E-state index >= 15 is 0 Å². The molecular formula is C20H25N3O3. The van der Waals surface area contributed by atoms with Crippen LogP contribution in [0.25, 0.3) is 0 Å². The van der Waals surface area contributed by atoms with E-state index in [-0.39, 0.29) is 5.91 Å². The Morgan fingerprint density at radius 2 is 1.65 bits per heavy atom. The summed E-state index contributed by atoms with van der Waals surface area (Å²) >= 11 is 0. The number of piperazine rings is 1. The number of hydrogen-bond acceptors (Lipinski definition) is 5. The molecular weight excluding hydrogens is 330 g/mol. The number of nitrogens with zero attached hydrogens (tertiary/aromatic N) is 2. The third-order valence-electron chi connectivity index (χ3n) is 4.61. The topological polar surface area (TPSA) is 68.0 Å². The summed E-state index contributed by atoms with van der Waals surface area (Å²) in [6.45, 7) is 3.86. The highest BCUT2D eigenvalue weighted by Gasteiger charge is 2.22. The van der Waals surface area contributed by atoms with E-state index in [0.717, 1.165) is 36.7 Å². The maximum absolute atomic E-state index is 12.6. The van der Waals surface area contributed by atoms with Gasteiger partial charge in [-0.2, -0.15) is 0 Å². The zero-order valence-electron chi connectivity index (χ0n) is 15.3. The average Bonchev–Trinajstić information content (AvgIpc) is 2.67. The molecule has 1 aliphatic rings. The van der Waals surface area contributed by atoms with Gasteiger partial charge in [-0.25, -0.2) is 0 Å². The summed E-state index contributed by atoms with van der Waals surface area (Å²) in [5.74, 6) is 1.62. The number of carbonyl (C=O) groups excluding carboxylic acids is 1. The van der Waals surface area contributed by atoms with Gasteiger partial charge in [-0.1, -0.05) is 6.07 Å². The molecule has 138 valence electrons. The lowest BCUT2D eigenvalue weighted by Gasteiger charge is -2.35. The highest BCUT2D eigenvalue weighted by Crippen LogP contribution is 2.24.